The predicted octanol–water partition coefficient (Wildman–Crippen LogP) is 4.66. The molecule has 5 rings (SSSR count). The van der Waals surface area contributed by atoms with Gasteiger partial charge in [-0.3, -0.25) is 19.6 Å². The smallest absolute Gasteiger partial charge is 0.290 e. The lowest BCUT2D eigenvalue weighted by atomic mass is 9.95. The molecule has 3 aromatic heterocycles. The van der Waals surface area contributed by atoms with Gasteiger partial charge in [0.1, 0.15) is 0 Å². The number of nitrogens with zero attached hydrogens (tertiary/aromatic N) is 3. The number of fused-ring (bicyclic) bond motifs is 1. The molecule has 1 atom stereocenters. The van der Waals surface area contributed by atoms with Crippen molar-refractivity contribution < 1.29 is 23.8 Å². The highest BCUT2D eigenvalue weighted by atomic mass is 35.5. The van der Waals surface area contributed by atoms with Gasteiger partial charge in [-0.05, 0) is 47.5 Å². The first-order valence-electron chi connectivity index (χ1n) is 10.3. The number of carbonyl (C=O) groups excluding carboxylic acids is 2. The first-order chi connectivity index (χ1) is 16.5. The number of hydrogen-bond donors (Lipinski definition) is 1. The molecule has 0 bridgehead atoms. The number of benzene rings is 1. The highest BCUT2D eigenvalue weighted by Gasteiger charge is 2.44. The van der Waals surface area contributed by atoms with E-state index in [1.165, 1.54) is 18.1 Å². The Balaban J connectivity index is 1.60. The van der Waals surface area contributed by atoms with Gasteiger partial charge in [-0.2, -0.15) is 0 Å². The molecule has 1 aliphatic rings. The summed E-state index contributed by atoms with van der Waals surface area (Å²) in [5, 5.41) is 11.8. The van der Waals surface area contributed by atoms with Crippen LogP contribution in [0, 0.1) is 0 Å². The second kappa shape index (κ2) is 8.64. The van der Waals surface area contributed by atoms with E-state index in [1.807, 2.05) is 0 Å². The van der Waals surface area contributed by atoms with Crippen molar-refractivity contribution in [1.82, 2.24) is 14.9 Å². The van der Waals surface area contributed by atoms with Crippen molar-refractivity contribution >= 4 is 34.3 Å². The lowest BCUT2D eigenvalue weighted by Gasteiger charge is -2.26. The third-order valence-electron chi connectivity index (χ3n) is 5.66. The number of ketones is 1. The van der Waals surface area contributed by atoms with Gasteiger partial charge in [0.2, 0.25) is 5.78 Å². The largest absolute Gasteiger partial charge is 0.503 e. The molecule has 8 nitrogen and oxygen atoms in total. The standard InChI is InChI=1S/C25H18ClN3O5/c1-33-19-12-17(26)10-16-11-18(34-24(16)19)22(30)20-21(15-4-8-28-9-5-15)29(25(32)23(20)31)13-14-2-6-27-7-3-14/h2-12,21,31H,13H2,1H3. The van der Waals surface area contributed by atoms with Crippen LogP contribution in [0.1, 0.15) is 27.7 Å². The number of hydrogen-bond acceptors (Lipinski definition) is 7. The first kappa shape index (κ1) is 21.7. The fraction of sp³-hybridized carbons (Fsp3) is 0.120. The van der Waals surface area contributed by atoms with Crippen molar-refractivity contribution in [3.63, 3.8) is 0 Å². The van der Waals surface area contributed by atoms with Gasteiger partial charge >= 0.3 is 0 Å². The highest BCUT2D eigenvalue weighted by molar-refractivity contribution is 6.31. The van der Waals surface area contributed by atoms with Gasteiger partial charge in [-0.25, -0.2) is 0 Å². The minimum Gasteiger partial charge on any atom is -0.503 e. The predicted molar refractivity (Wildman–Crippen MR) is 124 cm³/mol. The van der Waals surface area contributed by atoms with Gasteiger partial charge in [-0.15, -0.1) is 0 Å². The Morgan fingerprint density at radius 3 is 2.47 bits per heavy atom. The fourth-order valence-corrected chi connectivity index (χ4v) is 4.32. The van der Waals surface area contributed by atoms with Crippen LogP contribution in [0.15, 0.2) is 83.0 Å². The molecule has 1 unspecified atom stereocenters. The van der Waals surface area contributed by atoms with Crippen LogP contribution in [0.4, 0.5) is 0 Å². The molecule has 34 heavy (non-hydrogen) atoms. The summed E-state index contributed by atoms with van der Waals surface area (Å²) in [4.78, 5) is 36.2. The average molecular weight is 476 g/mol. The number of furan rings is 1. The lowest BCUT2D eigenvalue weighted by molar-refractivity contribution is -0.130. The van der Waals surface area contributed by atoms with E-state index >= 15 is 0 Å². The average Bonchev–Trinajstić information content (AvgIpc) is 3.39. The monoisotopic (exact) mass is 475 g/mol. The molecular formula is C25H18ClN3O5. The maximum Gasteiger partial charge on any atom is 0.290 e. The van der Waals surface area contributed by atoms with Gasteiger partial charge < -0.3 is 19.2 Å². The molecule has 1 amide bonds. The molecule has 9 heteroatoms. The van der Waals surface area contributed by atoms with Crippen molar-refractivity contribution in [3.8, 4) is 5.75 Å². The van der Waals surface area contributed by atoms with E-state index in [0.717, 1.165) is 5.56 Å². The third kappa shape index (κ3) is 3.68. The Labute approximate surface area is 199 Å². The van der Waals surface area contributed by atoms with E-state index in [9.17, 15) is 14.7 Å². The van der Waals surface area contributed by atoms with Gasteiger partial charge in [0.25, 0.3) is 5.91 Å². The molecule has 0 fully saturated rings. The Kier molecular flexibility index (Phi) is 5.51. The summed E-state index contributed by atoms with van der Waals surface area (Å²) in [6.45, 7) is 0.165. The molecule has 1 aromatic carbocycles. The Morgan fingerprint density at radius 2 is 1.79 bits per heavy atom. The van der Waals surface area contributed by atoms with Crippen LogP contribution in [0.25, 0.3) is 11.0 Å². The van der Waals surface area contributed by atoms with Crippen molar-refractivity contribution in [3.05, 3.63) is 100 Å². The third-order valence-corrected chi connectivity index (χ3v) is 5.88. The van der Waals surface area contributed by atoms with E-state index in [1.54, 1.807) is 61.2 Å². The molecule has 0 spiro atoms. The zero-order chi connectivity index (χ0) is 23.8. The maximum absolute atomic E-state index is 13.6. The van der Waals surface area contributed by atoms with Crippen LogP contribution in [0.5, 0.6) is 5.75 Å². The topological polar surface area (TPSA) is 106 Å². The van der Waals surface area contributed by atoms with Crippen LogP contribution < -0.4 is 4.74 Å². The maximum atomic E-state index is 13.6. The molecule has 4 heterocycles. The molecule has 0 saturated heterocycles. The van der Waals surface area contributed by atoms with Gasteiger partial charge in [0.05, 0.1) is 18.7 Å². The van der Waals surface area contributed by atoms with Gasteiger partial charge in [0.15, 0.2) is 22.9 Å². The number of aromatic nitrogens is 2. The van der Waals surface area contributed by atoms with E-state index in [4.69, 9.17) is 20.8 Å². The van der Waals surface area contributed by atoms with Crippen molar-refractivity contribution in [2.24, 2.45) is 0 Å². The number of pyridine rings is 2. The fourth-order valence-electron chi connectivity index (χ4n) is 4.11. The molecule has 4 aromatic rings. The van der Waals surface area contributed by atoms with Crippen LogP contribution in [0.2, 0.25) is 5.02 Å². The Hall–Kier alpha value is -4.17. The minimum absolute atomic E-state index is 0.0465. The summed E-state index contributed by atoms with van der Waals surface area (Å²) >= 11 is 6.14. The molecule has 0 saturated carbocycles. The number of Topliss-reactive ketones (excluding diaryl/α,β-unsaturated/α-hetero) is 1. The number of rotatable bonds is 6. The molecule has 1 N–H and O–H groups in total. The van der Waals surface area contributed by atoms with Crippen LogP contribution in [0.3, 0.4) is 0 Å². The summed E-state index contributed by atoms with van der Waals surface area (Å²) < 4.78 is 11.1. The number of methoxy groups -OCH3 is 1. The van der Waals surface area contributed by atoms with Crippen molar-refractivity contribution in [2.45, 2.75) is 12.6 Å². The highest BCUT2D eigenvalue weighted by Crippen LogP contribution is 2.41. The minimum atomic E-state index is -0.838. The zero-order valence-corrected chi connectivity index (χ0v) is 18.7. The second-order valence-electron chi connectivity index (χ2n) is 7.70. The number of amides is 1. The Bertz CT molecular complexity index is 1430. The molecule has 170 valence electrons. The second-order valence-corrected chi connectivity index (χ2v) is 8.14. The molecule has 0 aliphatic carbocycles. The SMILES string of the molecule is COc1cc(Cl)cc2cc(C(=O)C3=C(O)C(=O)N(Cc4ccncc4)C3c3ccncc3)oc12. The summed E-state index contributed by atoms with van der Waals surface area (Å²) in [6, 6.07) is 10.8. The number of aliphatic hydroxyl groups excluding tert-OH is 1. The van der Waals surface area contributed by atoms with Crippen molar-refractivity contribution in [1.29, 1.82) is 0 Å². The van der Waals surface area contributed by atoms with E-state index in [2.05, 4.69) is 9.97 Å². The summed E-state index contributed by atoms with van der Waals surface area (Å²) in [6.07, 6.45) is 6.36. The number of halogens is 1. The number of aliphatic hydroxyl groups is 1. The Morgan fingerprint density at radius 1 is 1.12 bits per heavy atom. The summed E-state index contributed by atoms with van der Waals surface area (Å²) in [5.41, 5.74) is 1.69. The van der Waals surface area contributed by atoms with E-state index < -0.39 is 23.5 Å². The van der Waals surface area contributed by atoms with Gasteiger partial charge in [-0.1, -0.05) is 11.6 Å². The molecular weight excluding hydrogens is 458 g/mol. The van der Waals surface area contributed by atoms with Crippen LogP contribution >= 0.6 is 11.6 Å². The normalized spacial score (nSPS) is 15.9. The summed E-state index contributed by atoms with van der Waals surface area (Å²) in [7, 11) is 1.47. The molecule has 0 radical (unpaired) electrons. The van der Waals surface area contributed by atoms with E-state index in [0.29, 0.717) is 27.3 Å². The van der Waals surface area contributed by atoms with E-state index in [-0.39, 0.29) is 17.9 Å². The van der Waals surface area contributed by atoms with Crippen molar-refractivity contribution in [2.75, 3.05) is 7.11 Å². The molecule has 1 aliphatic heterocycles. The summed E-state index contributed by atoms with van der Waals surface area (Å²) in [5.74, 6) is -1.56. The van der Waals surface area contributed by atoms with Crippen LogP contribution in [-0.4, -0.2) is 38.8 Å². The number of carbonyl (C=O) groups is 2. The zero-order valence-electron chi connectivity index (χ0n) is 17.9. The van der Waals surface area contributed by atoms with Crippen LogP contribution in [-0.2, 0) is 11.3 Å². The first-order valence-corrected chi connectivity index (χ1v) is 10.7. The quantitative estimate of drug-likeness (QED) is 0.404. The number of ether oxygens (including phenoxy) is 1. The van der Waals surface area contributed by atoms with Gasteiger partial charge in [0, 0.05) is 47.8 Å². The lowest BCUT2D eigenvalue weighted by Crippen LogP contribution is -2.30.